The molecule has 1 amide bonds. The summed E-state index contributed by atoms with van der Waals surface area (Å²) in [6.07, 6.45) is 0. The van der Waals surface area contributed by atoms with Gasteiger partial charge in [-0.25, -0.2) is 4.98 Å². The monoisotopic (exact) mass is 492 g/mol. The molecule has 0 fully saturated rings. The number of anilines is 1. The molecule has 0 saturated heterocycles. The van der Waals surface area contributed by atoms with E-state index in [0.29, 0.717) is 22.8 Å². The molecule has 0 radical (unpaired) electrons. The van der Waals surface area contributed by atoms with Gasteiger partial charge in [0.25, 0.3) is 5.91 Å². The van der Waals surface area contributed by atoms with Gasteiger partial charge in [-0.2, -0.15) is 5.26 Å². The molecule has 0 unspecified atom stereocenters. The highest BCUT2D eigenvalue weighted by Crippen LogP contribution is 2.31. The van der Waals surface area contributed by atoms with Crippen LogP contribution in [0, 0.1) is 11.3 Å². The molecule has 3 aromatic rings. The Morgan fingerprint density at radius 1 is 1.14 bits per heavy atom. The third kappa shape index (κ3) is 5.55. The molecule has 8 heteroatoms. The van der Waals surface area contributed by atoms with Crippen LogP contribution in [0.1, 0.15) is 29.8 Å². The third-order valence-corrected chi connectivity index (χ3v) is 6.14. The first-order valence-electron chi connectivity index (χ1n) is 9.16. The average molecular weight is 494 g/mol. The molecular formula is C21H22BrClN4OS. The normalized spacial score (nSPS) is 10.6. The molecule has 0 aliphatic rings. The predicted octanol–water partition coefficient (Wildman–Crippen LogP) is 5.34. The molecular weight excluding hydrogens is 472 g/mol. The van der Waals surface area contributed by atoms with E-state index in [9.17, 15) is 4.79 Å². The second-order valence-electron chi connectivity index (χ2n) is 6.28. The summed E-state index contributed by atoms with van der Waals surface area (Å²) in [5, 5.41) is 9.68. The second kappa shape index (κ2) is 10.7. The number of rotatable bonds is 7. The molecule has 0 saturated carbocycles. The summed E-state index contributed by atoms with van der Waals surface area (Å²) in [5.41, 5.74) is 1.97. The average Bonchev–Trinajstić information content (AvgIpc) is 3.13. The van der Waals surface area contributed by atoms with E-state index in [0.717, 1.165) is 34.3 Å². The maximum absolute atomic E-state index is 13.3. The van der Waals surface area contributed by atoms with Crippen molar-refractivity contribution in [2.45, 2.75) is 13.8 Å². The van der Waals surface area contributed by atoms with Crippen LogP contribution in [-0.4, -0.2) is 42.0 Å². The summed E-state index contributed by atoms with van der Waals surface area (Å²) in [7, 11) is 0. The lowest BCUT2D eigenvalue weighted by Crippen LogP contribution is -2.38. The number of fused-ring (bicyclic) bond motifs is 1. The quantitative estimate of drug-likeness (QED) is 0.446. The fraction of sp³-hybridized carbons (Fsp3) is 0.286. The van der Waals surface area contributed by atoms with Gasteiger partial charge in [-0.15, -0.1) is 12.4 Å². The molecule has 0 aliphatic heterocycles. The van der Waals surface area contributed by atoms with Crippen LogP contribution in [0.4, 0.5) is 5.13 Å². The minimum Gasteiger partial charge on any atom is -0.302 e. The molecule has 2 aromatic carbocycles. The summed E-state index contributed by atoms with van der Waals surface area (Å²) in [6, 6.07) is 14.8. The van der Waals surface area contributed by atoms with Crippen molar-refractivity contribution in [1.82, 2.24) is 9.88 Å². The molecule has 1 heterocycles. The number of amides is 1. The van der Waals surface area contributed by atoms with Gasteiger partial charge in [0.05, 0.1) is 21.8 Å². The molecule has 0 N–H and O–H groups in total. The van der Waals surface area contributed by atoms with Crippen molar-refractivity contribution in [3.05, 3.63) is 58.1 Å². The first-order valence-corrected chi connectivity index (χ1v) is 10.8. The Balaban J connectivity index is 0.00000300. The number of carbonyl (C=O) groups is 1. The zero-order valence-electron chi connectivity index (χ0n) is 16.3. The number of carbonyl (C=O) groups excluding carboxylic acids is 1. The summed E-state index contributed by atoms with van der Waals surface area (Å²) in [4.78, 5) is 22.0. The van der Waals surface area contributed by atoms with Gasteiger partial charge >= 0.3 is 0 Å². The van der Waals surface area contributed by atoms with Crippen LogP contribution in [-0.2, 0) is 0 Å². The lowest BCUT2D eigenvalue weighted by atomic mass is 10.1. The van der Waals surface area contributed by atoms with E-state index in [1.54, 1.807) is 29.2 Å². The van der Waals surface area contributed by atoms with Gasteiger partial charge in [0.1, 0.15) is 0 Å². The summed E-state index contributed by atoms with van der Waals surface area (Å²) in [6.45, 7) is 7.43. The van der Waals surface area contributed by atoms with E-state index in [1.165, 1.54) is 11.3 Å². The predicted molar refractivity (Wildman–Crippen MR) is 125 cm³/mol. The van der Waals surface area contributed by atoms with Gasteiger partial charge < -0.3 is 4.90 Å². The number of aromatic nitrogens is 1. The van der Waals surface area contributed by atoms with Gasteiger partial charge in [0.2, 0.25) is 0 Å². The number of thiazole rings is 1. The minimum absolute atomic E-state index is 0. The Labute approximate surface area is 189 Å². The van der Waals surface area contributed by atoms with E-state index < -0.39 is 0 Å². The number of nitriles is 1. The van der Waals surface area contributed by atoms with Crippen LogP contribution in [0.2, 0.25) is 0 Å². The lowest BCUT2D eigenvalue weighted by molar-refractivity contribution is 0.0984. The lowest BCUT2D eigenvalue weighted by Gasteiger charge is -2.24. The van der Waals surface area contributed by atoms with Crippen LogP contribution < -0.4 is 4.90 Å². The fourth-order valence-electron chi connectivity index (χ4n) is 2.91. The van der Waals surface area contributed by atoms with Gasteiger partial charge in [-0.3, -0.25) is 9.69 Å². The smallest absolute Gasteiger partial charge is 0.260 e. The standard InChI is InChI=1S/C21H21BrN4OS.ClH/c1-3-25(4-2)11-12-26(20(27)16-7-5-15(14-23)6-8-16)21-24-18-10-9-17(22)13-19(18)28-21;/h5-10,13H,3-4,11-12H2,1-2H3;1H. The highest BCUT2D eigenvalue weighted by Gasteiger charge is 2.22. The summed E-state index contributed by atoms with van der Waals surface area (Å²) < 4.78 is 2.02. The molecule has 0 bridgehead atoms. The zero-order valence-corrected chi connectivity index (χ0v) is 19.5. The SMILES string of the molecule is CCN(CC)CCN(C(=O)c1ccc(C#N)cc1)c1nc2ccc(Br)cc2s1.Cl. The number of hydrogen-bond acceptors (Lipinski definition) is 5. The van der Waals surface area contributed by atoms with Crippen molar-refractivity contribution >= 4 is 60.9 Å². The van der Waals surface area contributed by atoms with Crippen molar-refractivity contribution in [2.24, 2.45) is 0 Å². The first-order chi connectivity index (χ1) is 13.5. The van der Waals surface area contributed by atoms with Crippen molar-refractivity contribution in [3.63, 3.8) is 0 Å². The highest BCUT2D eigenvalue weighted by molar-refractivity contribution is 9.10. The van der Waals surface area contributed by atoms with E-state index in [1.807, 2.05) is 18.2 Å². The number of halogens is 2. The molecule has 3 rings (SSSR count). The van der Waals surface area contributed by atoms with E-state index in [4.69, 9.17) is 10.2 Å². The Morgan fingerprint density at radius 2 is 1.83 bits per heavy atom. The summed E-state index contributed by atoms with van der Waals surface area (Å²) >= 11 is 5.00. The van der Waals surface area contributed by atoms with Crippen molar-refractivity contribution in [1.29, 1.82) is 5.26 Å². The number of benzene rings is 2. The van der Waals surface area contributed by atoms with Gasteiger partial charge in [0.15, 0.2) is 5.13 Å². The van der Waals surface area contributed by atoms with Crippen molar-refractivity contribution in [3.8, 4) is 6.07 Å². The molecule has 0 aliphatic carbocycles. The molecule has 0 atom stereocenters. The Kier molecular flexibility index (Phi) is 8.60. The van der Waals surface area contributed by atoms with E-state index >= 15 is 0 Å². The summed E-state index contributed by atoms with van der Waals surface area (Å²) in [5.74, 6) is -0.102. The van der Waals surface area contributed by atoms with Gasteiger partial charge in [0, 0.05) is 23.1 Å². The van der Waals surface area contributed by atoms with E-state index in [-0.39, 0.29) is 18.3 Å². The van der Waals surface area contributed by atoms with Crippen LogP contribution in [0.25, 0.3) is 10.2 Å². The van der Waals surface area contributed by atoms with Crippen LogP contribution in [0.15, 0.2) is 46.9 Å². The van der Waals surface area contributed by atoms with E-state index in [2.05, 4.69) is 40.7 Å². The fourth-order valence-corrected chi connectivity index (χ4v) is 4.45. The Hall–Kier alpha value is -1.98. The maximum atomic E-state index is 13.3. The van der Waals surface area contributed by atoms with Gasteiger partial charge in [-0.1, -0.05) is 41.1 Å². The molecule has 0 spiro atoms. The van der Waals surface area contributed by atoms with Crippen LogP contribution in [0.3, 0.4) is 0 Å². The first kappa shape index (κ1) is 23.3. The van der Waals surface area contributed by atoms with Crippen LogP contribution >= 0.6 is 39.7 Å². The maximum Gasteiger partial charge on any atom is 0.260 e. The zero-order chi connectivity index (χ0) is 20.1. The Morgan fingerprint density at radius 3 is 2.45 bits per heavy atom. The molecule has 1 aromatic heterocycles. The van der Waals surface area contributed by atoms with Gasteiger partial charge in [-0.05, 0) is 55.6 Å². The molecule has 152 valence electrons. The van der Waals surface area contributed by atoms with Crippen molar-refractivity contribution in [2.75, 3.05) is 31.1 Å². The number of nitrogens with zero attached hydrogens (tertiary/aromatic N) is 4. The molecule has 29 heavy (non-hydrogen) atoms. The Bertz CT molecular complexity index is 1010. The highest BCUT2D eigenvalue weighted by atomic mass is 79.9. The minimum atomic E-state index is -0.102. The number of hydrogen-bond donors (Lipinski definition) is 0. The van der Waals surface area contributed by atoms with Crippen LogP contribution in [0.5, 0.6) is 0 Å². The molecule has 5 nitrogen and oxygen atoms in total. The third-order valence-electron chi connectivity index (χ3n) is 4.61. The largest absolute Gasteiger partial charge is 0.302 e. The van der Waals surface area contributed by atoms with Crippen molar-refractivity contribution < 1.29 is 4.79 Å². The topological polar surface area (TPSA) is 60.2 Å². The second-order valence-corrected chi connectivity index (χ2v) is 8.21. The number of likely N-dealkylation sites (N-methyl/N-ethyl adjacent to an activating group) is 1.